The van der Waals surface area contributed by atoms with Gasteiger partial charge in [-0.3, -0.25) is 15.3 Å². The third-order valence-electron chi connectivity index (χ3n) is 2.88. The summed E-state index contributed by atoms with van der Waals surface area (Å²) in [5.41, 5.74) is 6.21. The van der Waals surface area contributed by atoms with E-state index in [9.17, 15) is 0 Å². The van der Waals surface area contributed by atoms with Crippen molar-refractivity contribution in [2.45, 2.75) is 19.9 Å². The van der Waals surface area contributed by atoms with E-state index in [2.05, 4.69) is 16.8 Å². The van der Waals surface area contributed by atoms with Crippen LogP contribution in [-0.4, -0.2) is 43.0 Å². The predicted octanol–water partition coefficient (Wildman–Crippen LogP) is 1.25. The van der Waals surface area contributed by atoms with Crippen LogP contribution in [0, 0.1) is 5.41 Å². The maximum Gasteiger partial charge on any atom is 0.183 e. The van der Waals surface area contributed by atoms with Crippen LogP contribution in [0.4, 0.5) is 0 Å². The maximum absolute atomic E-state index is 7.28. The molecule has 0 unspecified atom stereocenters. The van der Waals surface area contributed by atoms with Crippen LogP contribution in [0.1, 0.15) is 19.0 Å². The summed E-state index contributed by atoms with van der Waals surface area (Å²) in [4.78, 5) is 6.50. The van der Waals surface area contributed by atoms with Crippen LogP contribution in [0.2, 0.25) is 0 Å². The lowest BCUT2D eigenvalue weighted by Gasteiger charge is -2.21. The van der Waals surface area contributed by atoms with Crippen molar-refractivity contribution in [3.63, 3.8) is 0 Å². The van der Waals surface area contributed by atoms with Crippen molar-refractivity contribution in [1.29, 1.82) is 5.41 Å². The molecule has 3 N–H and O–H groups in total. The largest absolute Gasteiger partial charge is 0.493 e. The van der Waals surface area contributed by atoms with Crippen LogP contribution in [0.5, 0.6) is 11.5 Å². The van der Waals surface area contributed by atoms with Crippen molar-refractivity contribution in [2.24, 2.45) is 5.73 Å². The van der Waals surface area contributed by atoms with Crippen molar-refractivity contribution < 1.29 is 9.47 Å². The Labute approximate surface area is 114 Å². The summed E-state index contributed by atoms with van der Waals surface area (Å²) in [6.45, 7) is 4.29. The molecule has 0 aliphatic carbocycles. The zero-order valence-corrected chi connectivity index (χ0v) is 11.8. The monoisotopic (exact) mass is 266 g/mol. The van der Waals surface area contributed by atoms with Crippen molar-refractivity contribution in [3.8, 4) is 11.5 Å². The number of methoxy groups -OCH3 is 2. The van der Waals surface area contributed by atoms with E-state index in [-0.39, 0.29) is 5.84 Å². The second kappa shape index (κ2) is 7.58. The number of pyridine rings is 1. The van der Waals surface area contributed by atoms with Gasteiger partial charge in [0, 0.05) is 31.8 Å². The second-order valence-corrected chi connectivity index (χ2v) is 4.14. The second-order valence-electron chi connectivity index (χ2n) is 4.14. The van der Waals surface area contributed by atoms with E-state index in [0.717, 1.165) is 18.8 Å². The van der Waals surface area contributed by atoms with E-state index < -0.39 is 0 Å². The Kier molecular flexibility index (Phi) is 6.08. The normalized spacial score (nSPS) is 10.5. The summed E-state index contributed by atoms with van der Waals surface area (Å²) in [7, 11) is 3.21. The van der Waals surface area contributed by atoms with Crippen molar-refractivity contribution in [1.82, 2.24) is 9.88 Å². The van der Waals surface area contributed by atoms with Gasteiger partial charge in [0.15, 0.2) is 11.5 Å². The summed E-state index contributed by atoms with van der Waals surface area (Å²) in [5.74, 6) is 1.53. The van der Waals surface area contributed by atoms with Crippen LogP contribution in [0.25, 0.3) is 0 Å². The Bertz CT molecular complexity index is 423. The highest BCUT2D eigenvalue weighted by Gasteiger charge is 2.14. The van der Waals surface area contributed by atoms with Crippen molar-refractivity contribution in [3.05, 3.63) is 18.0 Å². The van der Waals surface area contributed by atoms with Gasteiger partial charge in [-0.25, -0.2) is 0 Å². The summed E-state index contributed by atoms with van der Waals surface area (Å²) < 4.78 is 10.6. The maximum atomic E-state index is 7.28. The number of amidine groups is 1. The van der Waals surface area contributed by atoms with Crippen molar-refractivity contribution in [2.75, 3.05) is 27.3 Å². The molecule has 0 atom stereocenters. The Morgan fingerprint density at radius 2 is 2.16 bits per heavy atom. The van der Waals surface area contributed by atoms with Gasteiger partial charge in [-0.1, -0.05) is 6.92 Å². The standard InChI is InChI=1S/C13H22N4O2/c1-4-17(8-6-12(14)15)9-10-13(19-3)11(18-2)5-7-16-10/h5,7H,4,6,8-9H2,1-3H3,(H3,14,15). The minimum Gasteiger partial charge on any atom is -0.493 e. The van der Waals surface area contributed by atoms with Crippen LogP contribution in [0.15, 0.2) is 12.3 Å². The lowest BCUT2D eigenvalue weighted by Crippen LogP contribution is -2.28. The molecular formula is C13H22N4O2. The smallest absolute Gasteiger partial charge is 0.183 e. The van der Waals surface area contributed by atoms with E-state index in [1.54, 1.807) is 26.5 Å². The number of hydrogen-bond donors (Lipinski definition) is 2. The molecule has 0 spiro atoms. The number of hydrogen-bond acceptors (Lipinski definition) is 5. The lowest BCUT2D eigenvalue weighted by atomic mass is 10.2. The molecule has 6 heteroatoms. The minimum absolute atomic E-state index is 0.198. The number of nitrogens with two attached hydrogens (primary N) is 1. The minimum atomic E-state index is 0.198. The first kappa shape index (κ1) is 15.2. The fourth-order valence-corrected chi connectivity index (χ4v) is 1.80. The molecule has 0 saturated heterocycles. The summed E-state index contributed by atoms with van der Waals surface area (Å²) in [5, 5.41) is 7.28. The third kappa shape index (κ3) is 4.40. The first-order chi connectivity index (χ1) is 9.12. The Morgan fingerprint density at radius 1 is 1.42 bits per heavy atom. The molecule has 6 nitrogen and oxygen atoms in total. The van der Waals surface area contributed by atoms with E-state index in [0.29, 0.717) is 24.5 Å². The highest BCUT2D eigenvalue weighted by Crippen LogP contribution is 2.29. The zero-order valence-electron chi connectivity index (χ0n) is 11.8. The van der Waals surface area contributed by atoms with Gasteiger partial charge in [0.2, 0.25) is 0 Å². The van der Waals surface area contributed by atoms with E-state index >= 15 is 0 Å². The fourth-order valence-electron chi connectivity index (χ4n) is 1.80. The number of rotatable bonds is 8. The fraction of sp³-hybridized carbons (Fsp3) is 0.538. The molecule has 1 rings (SSSR count). The molecule has 0 aliphatic heterocycles. The first-order valence-electron chi connectivity index (χ1n) is 6.23. The van der Waals surface area contributed by atoms with E-state index in [1.807, 2.05) is 0 Å². The number of aromatic nitrogens is 1. The molecule has 1 aromatic heterocycles. The quantitative estimate of drug-likeness (QED) is 0.546. The Morgan fingerprint density at radius 3 is 2.68 bits per heavy atom. The Balaban J connectivity index is 2.81. The van der Waals surface area contributed by atoms with Gasteiger partial charge in [-0.2, -0.15) is 0 Å². The predicted molar refractivity (Wildman–Crippen MR) is 74.8 cm³/mol. The van der Waals surface area contributed by atoms with Gasteiger partial charge in [-0.15, -0.1) is 0 Å². The molecule has 19 heavy (non-hydrogen) atoms. The van der Waals surface area contributed by atoms with Crippen LogP contribution in [0.3, 0.4) is 0 Å². The van der Waals surface area contributed by atoms with Gasteiger partial charge >= 0.3 is 0 Å². The third-order valence-corrected chi connectivity index (χ3v) is 2.88. The summed E-state index contributed by atoms with van der Waals surface area (Å²) in [6.07, 6.45) is 2.26. The highest BCUT2D eigenvalue weighted by molar-refractivity contribution is 5.76. The molecule has 106 valence electrons. The van der Waals surface area contributed by atoms with Gasteiger partial charge < -0.3 is 15.2 Å². The molecule has 1 heterocycles. The van der Waals surface area contributed by atoms with Crippen LogP contribution >= 0.6 is 0 Å². The highest BCUT2D eigenvalue weighted by atomic mass is 16.5. The lowest BCUT2D eigenvalue weighted by molar-refractivity contribution is 0.274. The van der Waals surface area contributed by atoms with Crippen LogP contribution < -0.4 is 15.2 Å². The average Bonchev–Trinajstić information content (AvgIpc) is 2.42. The van der Waals surface area contributed by atoms with E-state index in [1.165, 1.54) is 0 Å². The molecule has 1 aromatic rings. The molecule has 0 aliphatic rings. The van der Waals surface area contributed by atoms with Gasteiger partial charge in [0.05, 0.1) is 20.1 Å². The molecule has 0 saturated carbocycles. The summed E-state index contributed by atoms with van der Waals surface area (Å²) in [6, 6.07) is 1.77. The van der Waals surface area contributed by atoms with Gasteiger partial charge in [0.25, 0.3) is 0 Å². The SMILES string of the molecule is CCN(CCC(=N)N)Cc1nccc(OC)c1OC. The van der Waals surface area contributed by atoms with Gasteiger partial charge in [0.1, 0.15) is 5.69 Å². The number of nitrogens with one attached hydrogen (secondary N) is 1. The molecule has 0 aromatic carbocycles. The van der Waals surface area contributed by atoms with Crippen molar-refractivity contribution >= 4 is 5.84 Å². The van der Waals surface area contributed by atoms with E-state index in [4.69, 9.17) is 20.6 Å². The van der Waals surface area contributed by atoms with Crippen LogP contribution in [-0.2, 0) is 6.54 Å². The Hall–Kier alpha value is -1.82. The molecule has 0 amide bonds. The average molecular weight is 266 g/mol. The molecule has 0 fully saturated rings. The number of nitrogens with zero attached hydrogens (tertiary/aromatic N) is 2. The molecule has 0 radical (unpaired) electrons. The summed E-state index contributed by atoms with van der Waals surface area (Å²) >= 11 is 0. The van der Waals surface area contributed by atoms with Gasteiger partial charge in [-0.05, 0) is 6.54 Å². The number of ether oxygens (including phenoxy) is 2. The topological polar surface area (TPSA) is 84.5 Å². The zero-order chi connectivity index (χ0) is 14.3. The molecule has 0 bridgehead atoms. The first-order valence-corrected chi connectivity index (χ1v) is 6.23. The molecular weight excluding hydrogens is 244 g/mol.